The highest BCUT2D eigenvalue weighted by Crippen LogP contribution is 2.64. The van der Waals surface area contributed by atoms with E-state index in [0.29, 0.717) is 12.8 Å². The number of hydrogen-bond donors (Lipinski definition) is 7. The Morgan fingerprint density at radius 1 is 1.14 bits per heavy atom. The topological polar surface area (TPSA) is 252 Å². The molecular formula is C9H17FN3O12P3. The third kappa shape index (κ3) is 8.55. The van der Waals surface area contributed by atoms with Crippen molar-refractivity contribution < 1.29 is 56.3 Å². The summed E-state index contributed by atoms with van der Waals surface area (Å²) in [4.78, 5) is 54.9. The van der Waals surface area contributed by atoms with Crippen LogP contribution in [0.25, 0.3) is 0 Å². The van der Waals surface area contributed by atoms with Crippen molar-refractivity contribution >= 4 is 29.3 Å². The van der Waals surface area contributed by atoms with Crippen molar-refractivity contribution in [1.29, 1.82) is 0 Å². The molecule has 0 aromatic carbocycles. The highest BCUT2D eigenvalue weighted by molar-refractivity contribution is 7.66. The molecule has 1 aliphatic rings. The lowest BCUT2D eigenvalue weighted by Gasteiger charge is -2.34. The van der Waals surface area contributed by atoms with Gasteiger partial charge in [0.15, 0.2) is 11.6 Å². The Hall–Kier alpha value is -1.02. The van der Waals surface area contributed by atoms with Crippen molar-refractivity contribution in [1.82, 2.24) is 9.55 Å². The van der Waals surface area contributed by atoms with Crippen molar-refractivity contribution in [2.75, 3.05) is 12.3 Å². The van der Waals surface area contributed by atoms with E-state index in [4.69, 9.17) is 35.3 Å². The van der Waals surface area contributed by atoms with Gasteiger partial charge in [-0.25, -0.2) is 22.9 Å². The number of phosphoric acid groups is 3. The van der Waals surface area contributed by atoms with Gasteiger partial charge in [0.25, 0.3) is 0 Å². The molecule has 0 atom stereocenters. The standard InChI is InChI=1S/C9H12FN3O2.H5O10P3/c10-7-3-13(9(15)12-8(7)11)6-1-5(2-6)4-14;1-11(2,3)9-13(7,8)10-12(4,5)6/h3,5-6,14H,1-2,4H2,(H2,11,12,15);(H,7,8)(H2,1,2,3)(H2,4,5,6). The summed E-state index contributed by atoms with van der Waals surface area (Å²) in [6.45, 7) is 0.107. The van der Waals surface area contributed by atoms with E-state index in [9.17, 15) is 22.9 Å². The van der Waals surface area contributed by atoms with Gasteiger partial charge < -0.3 is 35.3 Å². The van der Waals surface area contributed by atoms with Crippen molar-refractivity contribution in [3.05, 3.63) is 22.5 Å². The largest absolute Gasteiger partial charge is 0.490 e. The molecule has 162 valence electrons. The van der Waals surface area contributed by atoms with Crippen molar-refractivity contribution in [2.45, 2.75) is 18.9 Å². The summed E-state index contributed by atoms with van der Waals surface area (Å²) in [5.41, 5.74) is 4.63. The summed E-state index contributed by atoms with van der Waals surface area (Å²) in [7, 11) is -16.2. The second kappa shape index (κ2) is 9.20. The molecule has 19 heteroatoms. The zero-order valence-electron chi connectivity index (χ0n) is 13.7. The molecule has 8 N–H and O–H groups in total. The minimum atomic E-state index is -5.46. The van der Waals surface area contributed by atoms with Gasteiger partial charge >= 0.3 is 29.2 Å². The first kappa shape index (κ1) is 25.0. The Kier molecular flexibility index (Phi) is 8.22. The first-order valence-electron chi connectivity index (χ1n) is 7.04. The Morgan fingerprint density at radius 2 is 1.61 bits per heavy atom. The maximum Gasteiger partial charge on any atom is 0.490 e. The first-order chi connectivity index (χ1) is 12.5. The van der Waals surface area contributed by atoms with Crippen LogP contribution in [0.15, 0.2) is 11.0 Å². The van der Waals surface area contributed by atoms with Gasteiger partial charge in [-0.05, 0) is 18.8 Å². The van der Waals surface area contributed by atoms with E-state index in [-0.39, 0.29) is 24.4 Å². The van der Waals surface area contributed by atoms with E-state index in [1.165, 1.54) is 4.57 Å². The fraction of sp³-hybridized carbons (Fsp3) is 0.556. The maximum atomic E-state index is 13.1. The highest BCUT2D eigenvalue weighted by atomic mass is 31.3. The van der Waals surface area contributed by atoms with Gasteiger partial charge in [0, 0.05) is 18.8 Å². The fourth-order valence-corrected chi connectivity index (χ4v) is 4.62. The van der Waals surface area contributed by atoms with Gasteiger partial charge in [0.1, 0.15) is 0 Å². The van der Waals surface area contributed by atoms with Crippen LogP contribution in [0.4, 0.5) is 10.2 Å². The molecule has 15 nitrogen and oxygen atoms in total. The lowest BCUT2D eigenvalue weighted by atomic mass is 9.81. The van der Waals surface area contributed by atoms with Crippen molar-refractivity contribution in [3.63, 3.8) is 0 Å². The Labute approximate surface area is 155 Å². The van der Waals surface area contributed by atoms with Gasteiger partial charge in [-0.15, -0.1) is 0 Å². The Balaban J connectivity index is 0.000000284. The molecule has 0 bridgehead atoms. The van der Waals surface area contributed by atoms with Crippen LogP contribution in [-0.4, -0.2) is 45.7 Å². The molecule has 0 unspecified atom stereocenters. The minimum absolute atomic E-state index is 0.0581. The SMILES string of the molecule is Nc1nc(=O)n(C2CC(CO)C2)cc1F.O=P(O)(O)OP(=O)(O)OP(=O)(O)O. The zero-order chi connectivity index (χ0) is 21.9. The van der Waals surface area contributed by atoms with Crippen LogP contribution in [0.3, 0.4) is 0 Å². The van der Waals surface area contributed by atoms with Gasteiger partial charge in [-0.2, -0.15) is 13.6 Å². The van der Waals surface area contributed by atoms with Crippen LogP contribution in [0, 0.1) is 11.7 Å². The molecule has 1 aliphatic carbocycles. The molecule has 1 fully saturated rings. The summed E-state index contributed by atoms with van der Waals surface area (Å²) in [6.07, 6.45) is 2.45. The van der Waals surface area contributed by atoms with Gasteiger partial charge in [-0.1, -0.05) is 0 Å². The number of aromatic nitrogens is 2. The normalized spacial score (nSPS) is 20.1. The average molecular weight is 471 g/mol. The summed E-state index contributed by atoms with van der Waals surface area (Å²) >= 11 is 0. The second-order valence-electron chi connectivity index (χ2n) is 5.45. The van der Waals surface area contributed by atoms with Crippen LogP contribution in [0.1, 0.15) is 18.9 Å². The maximum absolute atomic E-state index is 13.1. The molecule has 28 heavy (non-hydrogen) atoms. The molecular weight excluding hydrogens is 454 g/mol. The van der Waals surface area contributed by atoms with E-state index in [2.05, 4.69) is 13.6 Å². The number of hydrogen-bond acceptors (Lipinski definition) is 9. The summed E-state index contributed by atoms with van der Waals surface area (Å²) < 4.78 is 50.7. The lowest BCUT2D eigenvalue weighted by molar-refractivity contribution is 0.109. The third-order valence-corrected chi connectivity index (χ3v) is 6.57. The molecule has 1 aromatic heterocycles. The molecule has 1 aromatic rings. The summed E-state index contributed by atoms with van der Waals surface area (Å²) in [5, 5.41) is 8.82. The molecule has 0 radical (unpaired) electrons. The van der Waals surface area contributed by atoms with Crippen LogP contribution in [-0.2, 0) is 22.3 Å². The quantitative estimate of drug-likeness (QED) is 0.251. The predicted molar refractivity (Wildman–Crippen MR) is 87.8 cm³/mol. The van der Waals surface area contributed by atoms with E-state index in [0.717, 1.165) is 6.20 Å². The molecule has 0 saturated heterocycles. The minimum Gasteiger partial charge on any atom is -0.396 e. The predicted octanol–water partition coefficient (Wildman–Crippen LogP) is -0.787. The molecule has 0 spiro atoms. The number of nitrogen functional groups attached to an aromatic ring is 1. The number of anilines is 1. The van der Waals surface area contributed by atoms with E-state index < -0.39 is 35.0 Å². The number of nitrogens with two attached hydrogens (primary N) is 1. The highest BCUT2D eigenvalue weighted by Gasteiger charge is 2.38. The smallest absolute Gasteiger partial charge is 0.396 e. The zero-order valence-corrected chi connectivity index (χ0v) is 16.4. The van der Waals surface area contributed by atoms with E-state index in [1.54, 1.807) is 0 Å². The molecule has 0 amide bonds. The number of rotatable bonds is 6. The van der Waals surface area contributed by atoms with E-state index >= 15 is 0 Å². The number of nitrogens with zero attached hydrogens (tertiary/aromatic N) is 2. The number of aliphatic hydroxyl groups excluding tert-OH is 1. The monoisotopic (exact) mass is 471 g/mol. The Morgan fingerprint density at radius 3 is 2.00 bits per heavy atom. The molecule has 1 heterocycles. The van der Waals surface area contributed by atoms with Crippen molar-refractivity contribution in [3.8, 4) is 0 Å². The lowest BCUT2D eigenvalue weighted by Crippen LogP contribution is -2.36. The third-order valence-electron chi connectivity index (χ3n) is 3.22. The van der Waals surface area contributed by atoms with Gasteiger partial charge in [-0.3, -0.25) is 4.57 Å². The van der Waals surface area contributed by atoms with Crippen LogP contribution < -0.4 is 11.4 Å². The van der Waals surface area contributed by atoms with E-state index in [1.807, 2.05) is 0 Å². The van der Waals surface area contributed by atoms with Crippen LogP contribution in [0.2, 0.25) is 0 Å². The van der Waals surface area contributed by atoms with Gasteiger partial charge in [0.2, 0.25) is 0 Å². The Bertz CT molecular complexity index is 862. The second-order valence-corrected chi connectivity index (χ2v) is 9.66. The van der Waals surface area contributed by atoms with Crippen molar-refractivity contribution in [2.24, 2.45) is 5.92 Å². The van der Waals surface area contributed by atoms with Crippen LogP contribution >= 0.6 is 23.5 Å². The molecule has 1 saturated carbocycles. The summed E-state index contributed by atoms with van der Waals surface area (Å²) in [6, 6.07) is -0.0581. The molecule has 0 aliphatic heterocycles. The van der Waals surface area contributed by atoms with Crippen LogP contribution in [0.5, 0.6) is 0 Å². The number of halogens is 1. The number of aliphatic hydroxyl groups is 1. The fourth-order valence-electron chi connectivity index (χ4n) is 2.08. The molecule has 2 rings (SSSR count). The van der Waals surface area contributed by atoms with Gasteiger partial charge in [0.05, 0.1) is 0 Å². The average Bonchev–Trinajstić information content (AvgIpc) is 2.38. The summed E-state index contributed by atoms with van der Waals surface area (Å²) in [5.74, 6) is -0.834. The first-order valence-corrected chi connectivity index (χ1v) is 11.6.